The van der Waals surface area contributed by atoms with Gasteiger partial charge in [-0.15, -0.1) is 0 Å². The number of rotatable bonds is 5. The maximum absolute atomic E-state index is 6.26. The Balaban J connectivity index is 1.54. The van der Waals surface area contributed by atoms with Gasteiger partial charge in [0.15, 0.2) is 5.17 Å². The lowest BCUT2D eigenvalue weighted by Crippen LogP contribution is -2.48. The van der Waals surface area contributed by atoms with Gasteiger partial charge >= 0.3 is 0 Å². The zero-order valence-corrected chi connectivity index (χ0v) is 18.0. The van der Waals surface area contributed by atoms with E-state index in [9.17, 15) is 0 Å². The number of benzene rings is 2. The van der Waals surface area contributed by atoms with Crippen LogP contribution in [0.1, 0.15) is 11.1 Å². The monoisotopic (exact) mass is 434 g/mol. The molecule has 1 aliphatic rings. The summed E-state index contributed by atoms with van der Waals surface area (Å²) in [6.45, 7) is 8.79. The first kappa shape index (κ1) is 21.2. The second-order valence-electron chi connectivity index (χ2n) is 6.64. The van der Waals surface area contributed by atoms with Crippen molar-refractivity contribution >= 4 is 46.0 Å². The lowest BCUT2D eigenvalue weighted by Gasteiger charge is -2.35. The van der Waals surface area contributed by atoms with Crippen LogP contribution < -0.4 is 5.14 Å². The predicted molar refractivity (Wildman–Crippen MR) is 123 cm³/mol. The molecule has 2 aromatic carbocycles. The van der Waals surface area contributed by atoms with Crippen LogP contribution in [0.3, 0.4) is 0 Å². The molecule has 7 heteroatoms. The molecule has 0 saturated carbocycles. The summed E-state index contributed by atoms with van der Waals surface area (Å²) >= 11 is 13.4. The van der Waals surface area contributed by atoms with Crippen LogP contribution in [-0.4, -0.2) is 47.7 Å². The molecule has 2 aromatic rings. The molecular weight excluding hydrogens is 411 g/mol. The van der Waals surface area contributed by atoms with E-state index < -0.39 is 0 Å². The summed E-state index contributed by atoms with van der Waals surface area (Å²) in [5.41, 5.74) is 2.82. The molecule has 1 saturated heterocycles. The standard InChI is InChI=1S/C21H24Cl2N4S/c1-16(17-6-8-19(22)9-7-17)25-21(28-24)27-14-12-26(13-15-27)11-10-18-4-2-3-5-20(18)23/h2-9H,1,10-15,24H2/b25-21-. The number of piperazine rings is 1. The molecule has 1 heterocycles. The third-order valence-corrected chi connectivity index (χ3v) is 5.99. The first-order chi connectivity index (χ1) is 13.6. The molecule has 1 aliphatic heterocycles. The van der Waals surface area contributed by atoms with E-state index in [1.165, 1.54) is 17.5 Å². The predicted octanol–water partition coefficient (Wildman–Crippen LogP) is 4.79. The van der Waals surface area contributed by atoms with Gasteiger partial charge in [0, 0.05) is 42.8 Å². The number of amidine groups is 1. The highest BCUT2D eigenvalue weighted by Gasteiger charge is 2.20. The van der Waals surface area contributed by atoms with E-state index in [2.05, 4.69) is 27.4 Å². The van der Waals surface area contributed by atoms with Crippen LogP contribution in [0, 0.1) is 0 Å². The first-order valence-corrected chi connectivity index (χ1v) is 10.8. The molecule has 1 fully saturated rings. The van der Waals surface area contributed by atoms with Crippen molar-refractivity contribution in [1.82, 2.24) is 9.80 Å². The van der Waals surface area contributed by atoms with Gasteiger partial charge in [-0.1, -0.05) is 60.1 Å². The highest BCUT2D eigenvalue weighted by atomic mass is 35.5. The fraction of sp³-hybridized carbons (Fsp3) is 0.286. The normalized spacial score (nSPS) is 15.7. The molecule has 0 aromatic heterocycles. The Morgan fingerprint density at radius 1 is 1.04 bits per heavy atom. The fourth-order valence-electron chi connectivity index (χ4n) is 3.14. The van der Waals surface area contributed by atoms with Crippen LogP contribution >= 0.6 is 35.1 Å². The Morgan fingerprint density at radius 3 is 2.36 bits per heavy atom. The van der Waals surface area contributed by atoms with Gasteiger partial charge in [-0.25, -0.2) is 4.99 Å². The van der Waals surface area contributed by atoms with Crippen molar-refractivity contribution in [1.29, 1.82) is 0 Å². The molecule has 0 aliphatic carbocycles. The SMILES string of the molecule is C=C(/N=C(\SN)N1CCN(CCc2ccccc2Cl)CC1)c1ccc(Cl)cc1. The quantitative estimate of drug-likeness (QED) is 0.417. The number of hydrogen-bond donors (Lipinski definition) is 1. The third kappa shape index (κ3) is 5.75. The molecule has 4 nitrogen and oxygen atoms in total. The fourth-order valence-corrected chi connectivity index (χ4v) is 3.99. The van der Waals surface area contributed by atoms with Gasteiger partial charge in [-0.3, -0.25) is 10.0 Å². The molecule has 28 heavy (non-hydrogen) atoms. The molecule has 0 unspecified atom stereocenters. The minimum absolute atomic E-state index is 0.686. The molecule has 0 radical (unpaired) electrons. The van der Waals surface area contributed by atoms with Crippen molar-refractivity contribution < 1.29 is 0 Å². The largest absolute Gasteiger partial charge is 0.348 e. The van der Waals surface area contributed by atoms with Crippen LogP contribution in [0.4, 0.5) is 0 Å². The van der Waals surface area contributed by atoms with Crippen molar-refractivity contribution in [2.24, 2.45) is 10.1 Å². The second kappa shape index (κ2) is 10.3. The summed E-state index contributed by atoms with van der Waals surface area (Å²) < 4.78 is 0. The molecular formula is C21H24Cl2N4S. The van der Waals surface area contributed by atoms with Gasteiger partial charge in [-0.2, -0.15) is 0 Å². The van der Waals surface area contributed by atoms with E-state index in [0.717, 1.165) is 54.9 Å². The van der Waals surface area contributed by atoms with E-state index in [1.807, 2.05) is 42.5 Å². The number of hydrogen-bond acceptors (Lipinski definition) is 4. The first-order valence-electron chi connectivity index (χ1n) is 9.18. The maximum Gasteiger partial charge on any atom is 0.179 e. The smallest absolute Gasteiger partial charge is 0.179 e. The second-order valence-corrected chi connectivity index (χ2v) is 8.08. The van der Waals surface area contributed by atoms with Gasteiger partial charge in [-0.05, 0) is 47.7 Å². The average Bonchev–Trinajstić information content (AvgIpc) is 2.72. The minimum atomic E-state index is 0.686. The van der Waals surface area contributed by atoms with Crippen LogP contribution in [0.15, 0.2) is 60.1 Å². The zero-order valence-electron chi connectivity index (χ0n) is 15.7. The summed E-state index contributed by atoms with van der Waals surface area (Å²) in [5.74, 6) is 0. The van der Waals surface area contributed by atoms with E-state index in [-0.39, 0.29) is 0 Å². The van der Waals surface area contributed by atoms with Crippen molar-refractivity contribution in [2.75, 3.05) is 32.7 Å². The Kier molecular flexibility index (Phi) is 7.82. The third-order valence-electron chi connectivity index (χ3n) is 4.81. The minimum Gasteiger partial charge on any atom is -0.348 e. The van der Waals surface area contributed by atoms with E-state index >= 15 is 0 Å². The Hall–Kier alpha value is -1.50. The number of nitrogens with two attached hydrogens (primary N) is 1. The van der Waals surface area contributed by atoms with Crippen molar-refractivity contribution in [3.8, 4) is 0 Å². The Bertz CT molecular complexity index is 831. The van der Waals surface area contributed by atoms with Gasteiger partial charge in [0.1, 0.15) is 0 Å². The van der Waals surface area contributed by atoms with Crippen LogP contribution in [-0.2, 0) is 6.42 Å². The van der Waals surface area contributed by atoms with Crippen molar-refractivity contribution in [3.05, 3.63) is 76.3 Å². The topological polar surface area (TPSA) is 44.9 Å². The lowest BCUT2D eigenvalue weighted by molar-refractivity contribution is 0.186. The van der Waals surface area contributed by atoms with Crippen molar-refractivity contribution in [3.63, 3.8) is 0 Å². The number of halogens is 2. The van der Waals surface area contributed by atoms with Crippen LogP contribution in [0.25, 0.3) is 5.70 Å². The van der Waals surface area contributed by atoms with Crippen molar-refractivity contribution in [2.45, 2.75) is 6.42 Å². The Labute approximate surface area is 181 Å². The van der Waals surface area contributed by atoms with E-state index in [0.29, 0.717) is 10.7 Å². The number of nitrogens with zero attached hydrogens (tertiary/aromatic N) is 3. The van der Waals surface area contributed by atoms with E-state index in [1.54, 1.807) is 0 Å². The summed E-state index contributed by atoms with van der Waals surface area (Å²) in [4.78, 5) is 9.33. The van der Waals surface area contributed by atoms with E-state index in [4.69, 9.17) is 28.3 Å². The molecule has 0 atom stereocenters. The molecule has 148 valence electrons. The number of aliphatic imine (C=N–C) groups is 1. The van der Waals surface area contributed by atoms with Gasteiger partial charge in [0.05, 0.1) is 5.70 Å². The molecule has 0 amide bonds. The summed E-state index contributed by atoms with van der Waals surface area (Å²) in [7, 11) is 0. The molecule has 0 bridgehead atoms. The molecule has 2 N–H and O–H groups in total. The van der Waals surface area contributed by atoms with Crippen LogP contribution in [0.2, 0.25) is 10.0 Å². The van der Waals surface area contributed by atoms with Gasteiger partial charge < -0.3 is 4.90 Å². The summed E-state index contributed by atoms with van der Waals surface area (Å²) in [6, 6.07) is 15.6. The Morgan fingerprint density at radius 2 is 1.71 bits per heavy atom. The van der Waals surface area contributed by atoms with Gasteiger partial charge in [0.2, 0.25) is 0 Å². The zero-order chi connectivity index (χ0) is 19.9. The highest BCUT2D eigenvalue weighted by molar-refractivity contribution is 8.11. The highest BCUT2D eigenvalue weighted by Crippen LogP contribution is 2.20. The summed E-state index contributed by atoms with van der Waals surface area (Å²) in [5, 5.41) is 8.23. The maximum atomic E-state index is 6.26. The molecule has 3 rings (SSSR count). The lowest BCUT2D eigenvalue weighted by atomic mass is 10.1. The average molecular weight is 435 g/mol. The summed E-state index contributed by atoms with van der Waals surface area (Å²) in [6.07, 6.45) is 0.958. The van der Waals surface area contributed by atoms with Crippen LogP contribution in [0.5, 0.6) is 0 Å². The van der Waals surface area contributed by atoms with Gasteiger partial charge in [0.25, 0.3) is 0 Å². The molecule has 0 spiro atoms.